The normalized spacial score (nSPS) is 48.7. The molecule has 0 spiro atoms. The number of rotatable bonds is 2. The maximum absolute atomic E-state index is 13.3. The maximum atomic E-state index is 13.3. The summed E-state index contributed by atoms with van der Waals surface area (Å²) in [5.41, 5.74) is 0.0565. The zero-order valence-electron chi connectivity index (χ0n) is 13.6. The van der Waals surface area contributed by atoms with Gasteiger partial charge < -0.3 is 10.2 Å². The molecule has 4 saturated carbocycles. The molecule has 2 atom stereocenters. The Bertz CT molecular complexity index is 398. The van der Waals surface area contributed by atoms with Crippen LogP contribution in [0.25, 0.3) is 0 Å². The number of amides is 1. The van der Waals surface area contributed by atoms with Crippen molar-refractivity contribution >= 4 is 5.91 Å². The second-order valence-electron chi connectivity index (χ2n) is 8.61. The molecule has 0 radical (unpaired) electrons. The van der Waals surface area contributed by atoms with Gasteiger partial charge in [-0.2, -0.15) is 0 Å². The van der Waals surface area contributed by atoms with E-state index in [0.29, 0.717) is 17.9 Å². The lowest BCUT2D eigenvalue weighted by Crippen LogP contribution is -2.58. The van der Waals surface area contributed by atoms with Crippen LogP contribution >= 0.6 is 0 Å². The standard InChI is InChI=1S/C18H30N2O/c1-12-11-20(4-3-16(12)19-2)17(21)18-8-13-5-14(9-18)7-15(6-13)10-18/h12-16,19H,3-11H2,1-2H3. The Labute approximate surface area is 128 Å². The topological polar surface area (TPSA) is 32.3 Å². The van der Waals surface area contributed by atoms with Crippen LogP contribution in [0.3, 0.4) is 0 Å². The Balaban J connectivity index is 1.50. The van der Waals surface area contributed by atoms with Crippen molar-refractivity contribution in [1.82, 2.24) is 10.2 Å². The van der Waals surface area contributed by atoms with Gasteiger partial charge in [-0.05, 0) is 75.7 Å². The van der Waals surface area contributed by atoms with Gasteiger partial charge >= 0.3 is 0 Å². The van der Waals surface area contributed by atoms with Gasteiger partial charge in [0.05, 0.1) is 5.41 Å². The first-order chi connectivity index (χ1) is 10.1. The molecule has 3 heteroatoms. The molecule has 1 heterocycles. The third-order valence-corrected chi connectivity index (χ3v) is 7.06. The molecule has 4 aliphatic carbocycles. The van der Waals surface area contributed by atoms with Crippen LogP contribution in [0.15, 0.2) is 0 Å². The molecule has 5 rings (SSSR count). The molecule has 0 aromatic heterocycles. The van der Waals surface area contributed by atoms with Crippen molar-refractivity contribution in [2.45, 2.75) is 57.9 Å². The Kier molecular flexibility index (Phi) is 3.33. The van der Waals surface area contributed by atoms with Gasteiger partial charge in [0.2, 0.25) is 5.91 Å². The summed E-state index contributed by atoms with van der Waals surface area (Å²) in [6.07, 6.45) is 9.00. The van der Waals surface area contributed by atoms with E-state index in [1.165, 1.54) is 38.5 Å². The number of nitrogens with one attached hydrogen (secondary N) is 1. The Morgan fingerprint density at radius 2 is 1.67 bits per heavy atom. The molecule has 1 saturated heterocycles. The van der Waals surface area contributed by atoms with Crippen LogP contribution in [0, 0.1) is 29.1 Å². The summed E-state index contributed by atoms with van der Waals surface area (Å²) in [6.45, 7) is 4.23. The second-order valence-corrected chi connectivity index (χ2v) is 8.61. The minimum Gasteiger partial charge on any atom is -0.342 e. The molecule has 118 valence electrons. The van der Waals surface area contributed by atoms with Crippen molar-refractivity contribution < 1.29 is 4.79 Å². The molecule has 5 aliphatic rings. The van der Waals surface area contributed by atoms with Crippen LogP contribution in [0.4, 0.5) is 0 Å². The quantitative estimate of drug-likeness (QED) is 0.848. The van der Waals surface area contributed by atoms with Gasteiger partial charge in [0, 0.05) is 19.1 Å². The van der Waals surface area contributed by atoms with Crippen LogP contribution in [-0.4, -0.2) is 37.0 Å². The van der Waals surface area contributed by atoms with Crippen LogP contribution in [0.2, 0.25) is 0 Å². The number of likely N-dealkylation sites (tertiary alicyclic amines) is 1. The van der Waals surface area contributed by atoms with Crippen molar-refractivity contribution in [3.63, 3.8) is 0 Å². The molecule has 5 fully saturated rings. The van der Waals surface area contributed by atoms with Crippen molar-refractivity contribution in [3.05, 3.63) is 0 Å². The Hall–Kier alpha value is -0.570. The third kappa shape index (κ3) is 2.23. The fourth-order valence-corrected chi connectivity index (χ4v) is 6.47. The molecule has 21 heavy (non-hydrogen) atoms. The van der Waals surface area contributed by atoms with Gasteiger partial charge in [0.1, 0.15) is 0 Å². The van der Waals surface area contributed by atoms with Crippen LogP contribution in [0.5, 0.6) is 0 Å². The number of carbonyl (C=O) groups excluding carboxylic acids is 1. The van der Waals surface area contributed by atoms with Crippen molar-refractivity contribution in [1.29, 1.82) is 0 Å². The Morgan fingerprint density at radius 3 is 2.14 bits per heavy atom. The van der Waals surface area contributed by atoms with Gasteiger partial charge in [-0.3, -0.25) is 4.79 Å². The molecule has 3 nitrogen and oxygen atoms in total. The average Bonchev–Trinajstić information content (AvgIpc) is 2.45. The average molecular weight is 290 g/mol. The predicted octanol–water partition coefficient (Wildman–Crippen LogP) is 2.66. The van der Waals surface area contributed by atoms with E-state index in [9.17, 15) is 4.79 Å². The smallest absolute Gasteiger partial charge is 0.228 e. The zero-order chi connectivity index (χ0) is 14.6. The number of hydrogen-bond acceptors (Lipinski definition) is 2. The highest BCUT2D eigenvalue weighted by atomic mass is 16.2. The van der Waals surface area contributed by atoms with Crippen LogP contribution < -0.4 is 5.32 Å². The van der Waals surface area contributed by atoms with Gasteiger partial charge in [-0.15, -0.1) is 0 Å². The Morgan fingerprint density at radius 1 is 1.10 bits per heavy atom. The minimum absolute atomic E-state index is 0.0565. The van der Waals surface area contributed by atoms with Crippen molar-refractivity contribution in [3.8, 4) is 0 Å². The second kappa shape index (κ2) is 4.97. The van der Waals surface area contributed by atoms with Crippen LogP contribution in [-0.2, 0) is 4.79 Å². The van der Waals surface area contributed by atoms with E-state index in [4.69, 9.17) is 0 Å². The predicted molar refractivity (Wildman–Crippen MR) is 83.8 cm³/mol. The summed E-state index contributed by atoms with van der Waals surface area (Å²) >= 11 is 0. The lowest BCUT2D eigenvalue weighted by molar-refractivity contribution is -0.159. The number of nitrogens with zero attached hydrogens (tertiary/aromatic N) is 1. The molecular weight excluding hydrogens is 260 g/mol. The summed E-state index contributed by atoms with van der Waals surface area (Å²) in [4.78, 5) is 15.5. The highest BCUT2D eigenvalue weighted by Gasteiger charge is 2.55. The van der Waals surface area contributed by atoms with Gasteiger partial charge in [-0.1, -0.05) is 6.92 Å². The summed E-state index contributed by atoms with van der Waals surface area (Å²) in [5, 5.41) is 3.41. The molecule has 4 bridgehead atoms. The zero-order valence-corrected chi connectivity index (χ0v) is 13.6. The van der Waals surface area contributed by atoms with E-state index < -0.39 is 0 Å². The highest BCUT2D eigenvalue weighted by molar-refractivity contribution is 5.83. The number of carbonyl (C=O) groups is 1. The first-order valence-corrected chi connectivity index (χ1v) is 9.06. The van der Waals surface area contributed by atoms with E-state index in [0.717, 1.165) is 37.3 Å². The van der Waals surface area contributed by atoms with Gasteiger partial charge in [0.25, 0.3) is 0 Å². The van der Waals surface area contributed by atoms with Crippen LogP contribution in [0.1, 0.15) is 51.9 Å². The molecule has 1 amide bonds. The fraction of sp³-hybridized carbons (Fsp3) is 0.944. The first-order valence-electron chi connectivity index (χ1n) is 9.06. The fourth-order valence-electron chi connectivity index (χ4n) is 6.47. The maximum Gasteiger partial charge on any atom is 0.228 e. The number of piperidine rings is 1. The minimum atomic E-state index is 0.0565. The van der Waals surface area contributed by atoms with Crippen molar-refractivity contribution in [2.75, 3.05) is 20.1 Å². The number of hydrogen-bond donors (Lipinski definition) is 1. The summed E-state index contributed by atoms with van der Waals surface area (Å²) < 4.78 is 0. The lowest BCUT2D eigenvalue weighted by Gasteiger charge is -2.57. The lowest BCUT2D eigenvalue weighted by atomic mass is 9.49. The third-order valence-electron chi connectivity index (χ3n) is 7.06. The highest BCUT2D eigenvalue weighted by Crippen LogP contribution is 2.60. The molecular formula is C18H30N2O. The van der Waals surface area contributed by atoms with E-state index in [1.807, 2.05) is 0 Å². The largest absolute Gasteiger partial charge is 0.342 e. The molecule has 0 aromatic carbocycles. The van der Waals surface area contributed by atoms with Crippen molar-refractivity contribution in [2.24, 2.45) is 29.1 Å². The SMILES string of the molecule is CNC1CCN(C(=O)C23CC4CC(CC(C4)C2)C3)CC1C. The van der Waals surface area contributed by atoms with E-state index >= 15 is 0 Å². The summed E-state index contributed by atoms with van der Waals surface area (Å²) in [5.74, 6) is 3.72. The van der Waals surface area contributed by atoms with E-state index in [-0.39, 0.29) is 5.41 Å². The summed E-state index contributed by atoms with van der Waals surface area (Å²) in [6, 6.07) is 0.588. The van der Waals surface area contributed by atoms with Gasteiger partial charge in [-0.25, -0.2) is 0 Å². The van der Waals surface area contributed by atoms with E-state index in [1.54, 1.807) is 0 Å². The van der Waals surface area contributed by atoms with Gasteiger partial charge in [0.15, 0.2) is 0 Å². The molecule has 2 unspecified atom stereocenters. The molecule has 0 aromatic rings. The van der Waals surface area contributed by atoms with E-state index in [2.05, 4.69) is 24.2 Å². The monoisotopic (exact) mass is 290 g/mol. The summed E-state index contributed by atoms with van der Waals surface area (Å²) in [7, 11) is 2.05. The molecule has 1 N–H and O–H groups in total. The first kappa shape index (κ1) is 14.0. The molecule has 1 aliphatic heterocycles.